The summed E-state index contributed by atoms with van der Waals surface area (Å²) in [5.41, 5.74) is 3.45. The molecule has 1 aromatic carbocycles. The van der Waals surface area contributed by atoms with E-state index in [-0.39, 0.29) is 57.5 Å². The summed E-state index contributed by atoms with van der Waals surface area (Å²) in [7, 11) is 0. The minimum absolute atomic E-state index is 0.000190. The van der Waals surface area contributed by atoms with Gasteiger partial charge in [0.15, 0.2) is 0 Å². The zero-order valence-corrected chi connectivity index (χ0v) is 28.1. The third kappa shape index (κ3) is 11.1. The number of nitrogens with one attached hydrogen (secondary N) is 3. The van der Waals surface area contributed by atoms with Crippen LogP contribution >= 0.6 is 11.3 Å². The van der Waals surface area contributed by atoms with Crippen LogP contribution in [0, 0.1) is 12.3 Å². The summed E-state index contributed by atoms with van der Waals surface area (Å²) in [6.07, 6.45) is -1.30. The molecule has 1 saturated heterocycles. The van der Waals surface area contributed by atoms with E-state index in [4.69, 9.17) is 9.47 Å². The van der Waals surface area contributed by atoms with Gasteiger partial charge in [0.2, 0.25) is 17.7 Å². The molecule has 4 N–H and O–H groups in total. The third-order valence-corrected chi connectivity index (χ3v) is 8.08. The number of hydrogen-bond acceptors (Lipinski definition) is 9. The molecule has 3 rings (SSSR count). The quantitative estimate of drug-likeness (QED) is 0.256. The number of amides is 4. The van der Waals surface area contributed by atoms with Crippen LogP contribution in [0.1, 0.15) is 65.6 Å². The molecule has 1 fully saturated rings. The maximum Gasteiger partial charge on any atom is 0.407 e. The molecule has 0 spiro atoms. The number of carbonyl (C=O) groups excluding carboxylic acids is 4. The molecule has 45 heavy (non-hydrogen) atoms. The van der Waals surface area contributed by atoms with Crippen LogP contribution in [0.25, 0.3) is 10.4 Å². The Morgan fingerprint density at radius 3 is 2.36 bits per heavy atom. The van der Waals surface area contributed by atoms with E-state index >= 15 is 0 Å². The van der Waals surface area contributed by atoms with Gasteiger partial charge in [-0.2, -0.15) is 0 Å². The fourth-order valence-corrected chi connectivity index (χ4v) is 5.63. The van der Waals surface area contributed by atoms with Crippen LogP contribution in [0.5, 0.6) is 0 Å². The molecule has 0 radical (unpaired) electrons. The summed E-state index contributed by atoms with van der Waals surface area (Å²) in [6, 6.07) is 6.05. The van der Waals surface area contributed by atoms with Crippen LogP contribution in [0.4, 0.5) is 4.79 Å². The monoisotopic (exact) mass is 645 g/mol. The lowest BCUT2D eigenvalue weighted by atomic mass is 9.85. The second-order valence-electron chi connectivity index (χ2n) is 13.2. The van der Waals surface area contributed by atoms with Gasteiger partial charge in [0.05, 0.1) is 35.4 Å². The standard InChI is InChI=1S/C32H47N5O7S/c1-20-26(45-19-35-20)22-10-8-21(9-11-22)17-34-28(40)24-16-23(38)18-37(24)29(41)27(31(2,3)4)36-25(39)12-14-43-15-13-33-30(42)44-32(5,6)7/h8-11,19,23-24,27,38H,12-18H2,1-7H3,(H,33,42)(H,34,40)(H,36,39)/t23-,24+,27-/m1/s1. The molecule has 12 nitrogen and oxygen atoms in total. The minimum atomic E-state index is -0.929. The average Bonchev–Trinajstić information content (AvgIpc) is 3.56. The molecule has 0 saturated carbocycles. The second-order valence-corrected chi connectivity index (χ2v) is 14.1. The van der Waals surface area contributed by atoms with Crippen molar-refractivity contribution < 1.29 is 33.8 Å². The summed E-state index contributed by atoms with van der Waals surface area (Å²) < 4.78 is 10.6. The largest absolute Gasteiger partial charge is 0.444 e. The molecule has 4 amide bonds. The summed E-state index contributed by atoms with van der Waals surface area (Å²) in [5.74, 6) is -1.19. The lowest BCUT2D eigenvalue weighted by molar-refractivity contribution is -0.144. The average molecular weight is 646 g/mol. The number of aromatic nitrogens is 1. The summed E-state index contributed by atoms with van der Waals surface area (Å²) in [5, 5.41) is 18.7. The molecular weight excluding hydrogens is 598 g/mol. The minimum Gasteiger partial charge on any atom is -0.444 e. The molecular formula is C32H47N5O7S. The summed E-state index contributed by atoms with van der Waals surface area (Å²) >= 11 is 1.57. The first kappa shape index (κ1) is 35.9. The van der Waals surface area contributed by atoms with Crippen LogP contribution in [0.15, 0.2) is 29.8 Å². The van der Waals surface area contributed by atoms with E-state index in [0.29, 0.717) is 0 Å². The van der Waals surface area contributed by atoms with Gasteiger partial charge >= 0.3 is 6.09 Å². The van der Waals surface area contributed by atoms with E-state index in [9.17, 15) is 24.3 Å². The Labute approximate surface area is 269 Å². The van der Waals surface area contributed by atoms with E-state index in [0.717, 1.165) is 21.7 Å². The summed E-state index contributed by atoms with van der Waals surface area (Å²) in [4.78, 5) is 58.2. The number of hydrogen-bond donors (Lipinski definition) is 4. The summed E-state index contributed by atoms with van der Waals surface area (Å²) in [6.45, 7) is 13.5. The number of alkyl carbamates (subject to hydrolysis) is 1. The molecule has 0 unspecified atom stereocenters. The Balaban J connectivity index is 1.51. The first-order valence-electron chi connectivity index (χ1n) is 15.1. The maximum atomic E-state index is 13.8. The van der Waals surface area contributed by atoms with Crippen LogP contribution in [-0.2, 0) is 30.4 Å². The second kappa shape index (κ2) is 15.6. The van der Waals surface area contributed by atoms with Crippen molar-refractivity contribution in [3.05, 3.63) is 41.0 Å². The van der Waals surface area contributed by atoms with Gasteiger partial charge in [0.1, 0.15) is 17.7 Å². The molecule has 2 aromatic rings. The fourth-order valence-electron chi connectivity index (χ4n) is 4.82. The van der Waals surface area contributed by atoms with Gasteiger partial charge in [-0.05, 0) is 44.2 Å². The predicted octanol–water partition coefficient (Wildman–Crippen LogP) is 3.16. The van der Waals surface area contributed by atoms with Gasteiger partial charge < -0.3 is 35.4 Å². The SMILES string of the molecule is Cc1ncsc1-c1ccc(CNC(=O)[C@@H]2C[C@@H](O)CN2C(=O)[C@@H](NC(=O)CCOCCNC(=O)OC(C)(C)C)C(C)(C)C)cc1. The van der Waals surface area contributed by atoms with Crippen molar-refractivity contribution in [1.29, 1.82) is 0 Å². The van der Waals surface area contributed by atoms with Crippen LogP contribution < -0.4 is 16.0 Å². The zero-order chi connectivity index (χ0) is 33.4. The zero-order valence-electron chi connectivity index (χ0n) is 27.3. The Morgan fingerprint density at radius 1 is 1.07 bits per heavy atom. The first-order valence-corrected chi connectivity index (χ1v) is 16.0. The number of aliphatic hydroxyl groups is 1. The van der Waals surface area contributed by atoms with Crippen LogP contribution in [0.2, 0.25) is 0 Å². The van der Waals surface area contributed by atoms with Gasteiger partial charge in [0.25, 0.3) is 0 Å². The van der Waals surface area contributed by atoms with E-state index < -0.39 is 41.2 Å². The molecule has 2 heterocycles. The van der Waals surface area contributed by atoms with Crippen molar-refractivity contribution in [1.82, 2.24) is 25.8 Å². The highest BCUT2D eigenvalue weighted by molar-refractivity contribution is 7.13. The third-order valence-electron chi connectivity index (χ3n) is 7.10. The van der Waals surface area contributed by atoms with Crippen molar-refractivity contribution >= 4 is 35.2 Å². The number of carbonyl (C=O) groups is 4. The number of β-amino-alcohol motifs (C(OH)–C–C–N with tert-alkyl or cyclic N) is 1. The Morgan fingerprint density at radius 2 is 1.76 bits per heavy atom. The number of thiazole rings is 1. The highest BCUT2D eigenvalue weighted by Crippen LogP contribution is 2.28. The van der Waals surface area contributed by atoms with Crippen molar-refractivity contribution in [2.45, 2.75) is 91.6 Å². The molecule has 13 heteroatoms. The van der Waals surface area contributed by atoms with Crippen LogP contribution in [-0.4, -0.2) is 88.9 Å². The molecule has 3 atom stereocenters. The number of benzene rings is 1. The van der Waals surface area contributed by atoms with Crippen molar-refractivity contribution in [2.24, 2.45) is 5.41 Å². The normalized spacial score (nSPS) is 17.5. The van der Waals surface area contributed by atoms with E-state index in [1.54, 1.807) is 32.1 Å². The maximum absolute atomic E-state index is 13.8. The van der Waals surface area contributed by atoms with E-state index in [1.807, 2.05) is 57.5 Å². The lowest BCUT2D eigenvalue weighted by Gasteiger charge is -2.35. The van der Waals surface area contributed by atoms with E-state index in [1.165, 1.54) is 4.90 Å². The first-order chi connectivity index (χ1) is 21.0. The highest BCUT2D eigenvalue weighted by atomic mass is 32.1. The van der Waals surface area contributed by atoms with Gasteiger partial charge in [-0.15, -0.1) is 11.3 Å². The van der Waals surface area contributed by atoms with Crippen molar-refractivity contribution in [3.63, 3.8) is 0 Å². The number of nitrogens with zero attached hydrogens (tertiary/aromatic N) is 2. The lowest BCUT2D eigenvalue weighted by Crippen LogP contribution is -2.57. The van der Waals surface area contributed by atoms with Gasteiger partial charge in [0, 0.05) is 32.5 Å². The number of aliphatic hydroxyl groups excluding tert-OH is 1. The Kier molecular flexibility index (Phi) is 12.5. The predicted molar refractivity (Wildman–Crippen MR) is 171 cm³/mol. The number of ether oxygens (including phenoxy) is 2. The molecule has 0 bridgehead atoms. The molecule has 1 aliphatic heterocycles. The fraction of sp³-hybridized carbons (Fsp3) is 0.594. The van der Waals surface area contributed by atoms with Crippen molar-refractivity contribution in [3.8, 4) is 10.4 Å². The smallest absolute Gasteiger partial charge is 0.407 e. The topological polar surface area (TPSA) is 159 Å². The number of rotatable bonds is 12. The van der Waals surface area contributed by atoms with Crippen LogP contribution in [0.3, 0.4) is 0 Å². The molecule has 1 aromatic heterocycles. The molecule has 248 valence electrons. The van der Waals surface area contributed by atoms with E-state index in [2.05, 4.69) is 20.9 Å². The van der Waals surface area contributed by atoms with Crippen molar-refractivity contribution in [2.75, 3.05) is 26.3 Å². The number of likely N-dealkylation sites (tertiary alicyclic amines) is 1. The number of aryl methyl sites for hydroxylation is 1. The molecule has 1 aliphatic rings. The Bertz CT molecular complexity index is 1320. The van der Waals surface area contributed by atoms with Gasteiger partial charge in [-0.25, -0.2) is 9.78 Å². The van der Waals surface area contributed by atoms with Gasteiger partial charge in [-0.3, -0.25) is 14.4 Å². The van der Waals surface area contributed by atoms with Gasteiger partial charge in [-0.1, -0.05) is 45.0 Å². The highest BCUT2D eigenvalue weighted by Gasteiger charge is 2.44. The Hall–Kier alpha value is -3.55. The molecule has 0 aliphatic carbocycles.